The average Bonchev–Trinajstić information content (AvgIpc) is 2.46. The van der Waals surface area contributed by atoms with Gasteiger partial charge >= 0.3 is 0 Å². The summed E-state index contributed by atoms with van der Waals surface area (Å²) in [6.45, 7) is 1.42. The standard InChI is InChI=1S/C14H13N3O4/c1-10-7-12(4-5-13(10)17(19)20)21-9-14(18)16-11-3-2-6-15-8-11/h2-8H,9H2,1H3,(H,16,18). The largest absolute Gasteiger partial charge is 0.484 e. The summed E-state index contributed by atoms with van der Waals surface area (Å²) in [6, 6.07) is 7.75. The van der Waals surface area contributed by atoms with Gasteiger partial charge < -0.3 is 10.1 Å². The molecule has 0 aliphatic carbocycles. The van der Waals surface area contributed by atoms with E-state index in [1.807, 2.05) is 0 Å². The molecule has 7 heteroatoms. The molecule has 1 aromatic carbocycles. The predicted molar refractivity (Wildman–Crippen MR) is 76.2 cm³/mol. The van der Waals surface area contributed by atoms with Crippen molar-refractivity contribution in [2.24, 2.45) is 0 Å². The SMILES string of the molecule is Cc1cc(OCC(=O)Nc2cccnc2)ccc1[N+](=O)[O-]. The van der Waals surface area contributed by atoms with Crippen LogP contribution in [0.4, 0.5) is 11.4 Å². The molecule has 1 aromatic heterocycles. The molecule has 2 rings (SSSR count). The van der Waals surface area contributed by atoms with Gasteiger partial charge in [-0.1, -0.05) is 0 Å². The molecular weight excluding hydrogens is 274 g/mol. The number of carbonyl (C=O) groups is 1. The van der Waals surface area contributed by atoms with Crippen LogP contribution in [0, 0.1) is 17.0 Å². The van der Waals surface area contributed by atoms with Gasteiger partial charge in [-0.15, -0.1) is 0 Å². The summed E-state index contributed by atoms with van der Waals surface area (Å²) < 4.78 is 5.30. The van der Waals surface area contributed by atoms with Crippen molar-refractivity contribution in [1.82, 2.24) is 4.98 Å². The van der Waals surface area contributed by atoms with Crippen molar-refractivity contribution in [2.45, 2.75) is 6.92 Å². The molecule has 1 N–H and O–H groups in total. The van der Waals surface area contributed by atoms with Crippen LogP contribution in [-0.4, -0.2) is 22.4 Å². The molecule has 108 valence electrons. The number of ether oxygens (including phenoxy) is 1. The third-order valence-corrected chi connectivity index (χ3v) is 2.68. The van der Waals surface area contributed by atoms with E-state index >= 15 is 0 Å². The fourth-order valence-electron chi connectivity index (χ4n) is 1.71. The summed E-state index contributed by atoms with van der Waals surface area (Å²) >= 11 is 0. The first-order chi connectivity index (χ1) is 10.1. The number of anilines is 1. The number of hydrogen-bond donors (Lipinski definition) is 1. The molecular formula is C14H13N3O4. The first kappa shape index (κ1) is 14.4. The van der Waals surface area contributed by atoms with E-state index in [0.29, 0.717) is 17.0 Å². The minimum absolute atomic E-state index is 0.0159. The summed E-state index contributed by atoms with van der Waals surface area (Å²) in [5, 5.41) is 13.3. The average molecular weight is 287 g/mol. The Hall–Kier alpha value is -2.96. The zero-order valence-corrected chi connectivity index (χ0v) is 11.3. The van der Waals surface area contributed by atoms with Crippen molar-refractivity contribution in [2.75, 3.05) is 11.9 Å². The Morgan fingerprint density at radius 3 is 2.86 bits per heavy atom. The number of benzene rings is 1. The van der Waals surface area contributed by atoms with Crippen LogP contribution in [0.5, 0.6) is 5.75 Å². The summed E-state index contributed by atoms with van der Waals surface area (Å²) in [6.07, 6.45) is 3.12. The Labute approximate surface area is 120 Å². The molecule has 0 radical (unpaired) electrons. The molecule has 1 amide bonds. The summed E-state index contributed by atoms with van der Waals surface area (Å²) in [5.74, 6) is 0.0680. The molecule has 1 heterocycles. The number of nitrogens with one attached hydrogen (secondary N) is 1. The number of nitrogens with zero attached hydrogens (tertiary/aromatic N) is 2. The van der Waals surface area contributed by atoms with Crippen LogP contribution in [0.3, 0.4) is 0 Å². The predicted octanol–water partition coefficient (Wildman–Crippen LogP) is 2.32. The van der Waals surface area contributed by atoms with Crippen molar-refractivity contribution in [1.29, 1.82) is 0 Å². The number of nitro groups is 1. The minimum atomic E-state index is -0.464. The lowest BCUT2D eigenvalue weighted by atomic mass is 10.2. The Kier molecular flexibility index (Phi) is 4.45. The van der Waals surface area contributed by atoms with Gasteiger partial charge in [-0.05, 0) is 31.2 Å². The highest BCUT2D eigenvalue weighted by atomic mass is 16.6. The van der Waals surface area contributed by atoms with Gasteiger partial charge in [-0.3, -0.25) is 19.9 Å². The van der Waals surface area contributed by atoms with Gasteiger partial charge in [-0.25, -0.2) is 0 Å². The van der Waals surface area contributed by atoms with E-state index in [1.165, 1.54) is 24.4 Å². The van der Waals surface area contributed by atoms with Crippen molar-refractivity contribution in [3.8, 4) is 5.75 Å². The van der Waals surface area contributed by atoms with Gasteiger partial charge in [-0.2, -0.15) is 0 Å². The Bertz CT molecular complexity index is 659. The summed E-state index contributed by atoms with van der Waals surface area (Å²) in [4.78, 5) is 25.8. The van der Waals surface area contributed by atoms with Gasteiger partial charge in [0.05, 0.1) is 16.8 Å². The smallest absolute Gasteiger partial charge is 0.272 e. The molecule has 0 unspecified atom stereocenters. The first-order valence-corrected chi connectivity index (χ1v) is 6.14. The molecule has 0 saturated carbocycles. The highest BCUT2D eigenvalue weighted by Crippen LogP contribution is 2.22. The molecule has 0 aliphatic rings. The van der Waals surface area contributed by atoms with E-state index in [-0.39, 0.29) is 18.2 Å². The van der Waals surface area contributed by atoms with E-state index in [2.05, 4.69) is 10.3 Å². The van der Waals surface area contributed by atoms with Crippen LogP contribution >= 0.6 is 0 Å². The maximum Gasteiger partial charge on any atom is 0.272 e. The van der Waals surface area contributed by atoms with Crippen molar-refractivity contribution in [3.05, 3.63) is 58.4 Å². The first-order valence-electron chi connectivity index (χ1n) is 6.14. The minimum Gasteiger partial charge on any atom is -0.484 e. The maximum atomic E-state index is 11.7. The van der Waals surface area contributed by atoms with Crippen molar-refractivity contribution in [3.63, 3.8) is 0 Å². The van der Waals surface area contributed by atoms with Gasteiger partial charge in [0.15, 0.2) is 6.61 Å². The highest BCUT2D eigenvalue weighted by Gasteiger charge is 2.11. The lowest BCUT2D eigenvalue weighted by Crippen LogP contribution is -2.20. The monoisotopic (exact) mass is 287 g/mol. The van der Waals surface area contributed by atoms with Crippen LogP contribution in [0.25, 0.3) is 0 Å². The van der Waals surface area contributed by atoms with Crippen LogP contribution in [0.2, 0.25) is 0 Å². The summed E-state index contributed by atoms with van der Waals surface area (Å²) in [7, 11) is 0. The second-order valence-corrected chi connectivity index (χ2v) is 4.28. The molecule has 0 aliphatic heterocycles. The number of hydrogen-bond acceptors (Lipinski definition) is 5. The molecule has 0 saturated heterocycles. The molecule has 7 nitrogen and oxygen atoms in total. The van der Waals surface area contributed by atoms with Crippen molar-refractivity contribution < 1.29 is 14.5 Å². The topological polar surface area (TPSA) is 94.4 Å². The Morgan fingerprint density at radius 1 is 1.43 bits per heavy atom. The number of nitro benzene ring substituents is 1. The quantitative estimate of drug-likeness (QED) is 0.672. The number of amides is 1. The van der Waals surface area contributed by atoms with Gasteiger partial charge in [0.2, 0.25) is 0 Å². The zero-order chi connectivity index (χ0) is 15.2. The van der Waals surface area contributed by atoms with Gasteiger partial charge in [0, 0.05) is 17.8 Å². The zero-order valence-electron chi connectivity index (χ0n) is 11.3. The van der Waals surface area contributed by atoms with Crippen LogP contribution in [-0.2, 0) is 4.79 Å². The fraction of sp³-hybridized carbons (Fsp3) is 0.143. The highest BCUT2D eigenvalue weighted by molar-refractivity contribution is 5.91. The third kappa shape index (κ3) is 4.00. The van der Waals surface area contributed by atoms with E-state index in [0.717, 1.165) is 0 Å². The molecule has 0 fully saturated rings. The maximum absolute atomic E-state index is 11.7. The third-order valence-electron chi connectivity index (χ3n) is 2.68. The van der Waals surface area contributed by atoms with Gasteiger partial charge in [0.1, 0.15) is 5.75 Å². The molecule has 0 bridgehead atoms. The van der Waals surface area contributed by atoms with E-state index in [4.69, 9.17) is 4.74 Å². The second-order valence-electron chi connectivity index (χ2n) is 4.28. The van der Waals surface area contributed by atoms with Crippen LogP contribution in [0.15, 0.2) is 42.7 Å². The number of pyridine rings is 1. The molecule has 0 atom stereocenters. The fourth-order valence-corrected chi connectivity index (χ4v) is 1.71. The molecule has 21 heavy (non-hydrogen) atoms. The van der Waals surface area contributed by atoms with E-state index in [1.54, 1.807) is 25.3 Å². The van der Waals surface area contributed by atoms with Crippen LogP contribution < -0.4 is 10.1 Å². The normalized spacial score (nSPS) is 9.95. The molecule has 2 aromatic rings. The number of aromatic nitrogens is 1. The lowest BCUT2D eigenvalue weighted by molar-refractivity contribution is -0.385. The van der Waals surface area contributed by atoms with Gasteiger partial charge in [0.25, 0.3) is 11.6 Å². The number of aryl methyl sites for hydroxylation is 1. The Balaban J connectivity index is 1.92. The summed E-state index contributed by atoms with van der Waals surface area (Å²) in [5.41, 5.74) is 1.07. The Morgan fingerprint density at radius 2 is 2.24 bits per heavy atom. The van der Waals surface area contributed by atoms with E-state index in [9.17, 15) is 14.9 Å². The lowest BCUT2D eigenvalue weighted by Gasteiger charge is -2.08. The molecule has 0 spiro atoms. The second kappa shape index (κ2) is 6.47. The number of carbonyl (C=O) groups excluding carboxylic acids is 1. The van der Waals surface area contributed by atoms with E-state index < -0.39 is 4.92 Å². The van der Waals surface area contributed by atoms with Crippen molar-refractivity contribution >= 4 is 17.3 Å². The van der Waals surface area contributed by atoms with Crippen LogP contribution in [0.1, 0.15) is 5.56 Å². The number of rotatable bonds is 5.